The molecular weight excluding hydrogens is 240 g/mol. The molecule has 0 aromatic carbocycles. The Morgan fingerprint density at radius 2 is 1.87 bits per heavy atom. The van der Waals surface area contributed by atoms with Gasteiger partial charge in [0.25, 0.3) is 0 Å². The van der Waals surface area contributed by atoms with E-state index >= 15 is 0 Å². The Balaban J connectivity index is 2.65. The molecule has 0 aromatic heterocycles. The first-order valence-electron chi connectivity index (χ1n) is 4.84. The minimum Gasteiger partial charge on any atom is -0.388 e. The minimum atomic E-state index is -1.17. The molecule has 0 bridgehead atoms. The fraction of sp³-hybridized carbons (Fsp3) is 1.00. The lowest BCUT2D eigenvalue weighted by Crippen LogP contribution is -2.56. The molecule has 0 unspecified atom stereocenters. The van der Waals surface area contributed by atoms with Gasteiger partial charge < -0.3 is 20.1 Å². The number of aliphatic hydroxyl groups excluding tert-OH is 3. The van der Waals surface area contributed by atoms with E-state index in [0.717, 1.165) is 0 Å². The molecule has 6 heteroatoms. The third-order valence-electron chi connectivity index (χ3n) is 2.46. The largest absolute Gasteiger partial charge is 0.388 e. The van der Waals surface area contributed by atoms with E-state index in [9.17, 15) is 15.3 Å². The van der Waals surface area contributed by atoms with E-state index in [2.05, 4.69) is 0 Å². The van der Waals surface area contributed by atoms with Crippen molar-refractivity contribution in [3.8, 4) is 0 Å². The maximum atomic E-state index is 9.67. The van der Waals surface area contributed by atoms with Crippen LogP contribution in [0.15, 0.2) is 0 Å². The van der Waals surface area contributed by atoms with Crippen LogP contribution < -0.4 is 0 Å². The van der Waals surface area contributed by atoms with Gasteiger partial charge in [-0.3, -0.25) is 0 Å². The second-order valence-electron chi connectivity index (χ2n) is 3.77. The van der Waals surface area contributed by atoms with E-state index in [1.165, 1.54) is 11.8 Å². The first-order valence-corrected chi connectivity index (χ1v) is 6.56. The van der Waals surface area contributed by atoms with E-state index in [0.29, 0.717) is 6.42 Å². The van der Waals surface area contributed by atoms with Crippen LogP contribution >= 0.6 is 23.4 Å². The van der Waals surface area contributed by atoms with Crippen molar-refractivity contribution in [1.29, 1.82) is 0 Å². The first-order chi connectivity index (χ1) is 6.97. The lowest BCUT2D eigenvalue weighted by Gasteiger charge is -2.40. The molecule has 1 heterocycles. The molecule has 0 saturated carbocycles. The maximum Gasteiger partial charge on any atom is 0.132 e. The number of alkyl halides is 1. The maximum absolute atomic E-state index is 9.67. The van der Waals surface area contributed by atoms with Crippen molar-refractivity contribution in [2.75, 3.05) is 6.26 Å². The second-order valence-corrected chi connectivity index (χ2v) is 5.45. The van der Waals surface area contributed by atoms with Gasteiger partial charge in [0.05, 0.1) is 6.10 Å². The van der Waals surface area contributed by atoms with Crippen molar-refractivity contribution >= 4 is 23.4 Å². The topological polar surface area (TPSA) is 69.9 Å². The summed E-state index contributed by atoms with van der Waals surface area (Å²) in [7, 11) is 0. The average molecular weight is 257 g/mol. The molecule has 1 rings (SSSR count). The number of hydrogen-bond donors (Lipinski definition) is 3. The Morgan fingerprint density at radius 1 is 1.27 bits per heavy atom. The Bertz CT molecular complexity index is 203. The number of ether oxygens (including phenoxy) is 1. The van der Waals surface area contributed by atoms with E-state index in [1.54, 1.807) is 13.2 Å². The molecule has 15 heavy (non-hydrogen) atoms. The van der Waals surface area contributed by atoms with Gasteiger partial charge in [-0.2, -0.15) is 0 Å². The standard InChI is InChI=1S/C9H17ClO4S/c1-4(10)3-5-6(11)7(12)8(13)9(14-5)15-2/h4-9,11-13H,3H2,1-2H3/t4-,5+,6-,7-,8+,9+/m0/s1. The lowest BCUT2D eigenvalue weighted by atomic mass is 9.97. The quantitative estimate of drug-likeness (QED) is 0.629. The molecular formula is C9H17ClO4S. The minimum absolute atomic E-state index is 0.144. The summed E-state index contributed by atoms with van der Waals surface area (Å²) < 4.78 is 5.46. The molecule has 0 radical (unpaired) electrons. The van der Waals surface area contributed by atoms with E-state index in [4.69, 9.17) is 16.3 Å². The molecule has 4 nitrogen and oxygen atoms in total. The summed E-state index contributed by atoms with van der Waals surface area (Å²) in [6, 6.07) is 0. The molecule has 1 fully saturated rings. The number of aliphatic hydroxyl groups is 3. The molecule has 1 aliphatic heterocycles. The summed E-state index contributed by atoms with van der Waals surface area (Å²) in [6.45, 7) is 1.79. The predicted octanol–water partition coefficient (Wildman–Crippen LogP) is 0.174. The van der Waals surface area contributed by atoms with Crippen molar-refractivity contribution in [2.45, 2.75) is 48.6 Å². The summed E-state index contributed by atoms with van der Waals surface area (Å²) in [4.78, 5) is 0. The van der Waals surface area contributed by atoms with Crippen LogP contribution in [0.1, 0.15) is 13.3 Å². The highest BCUT2D eigenvalue weighted by Gasteiger charge is 2.43. The zero-order chi connectivity index (χ0) is 11.6. The highest BCUT2D eigenvalue weighted by atomic mass is 35.5. The molecule has 1 saturated heterocycles. The van der Waals surface area contributed by atoms with Gasteiger partial charge in [0.15, 0.2) is 0 Å². The van der Waals surface area contributed by atoms with Crippen molar-refractivity contribution in [2.24, 2.45) is 0 Å². The highest BCUT2D eigenvalue weighted by Crippen LogP contribution is 2.29. The predicted molar refractivity (Wildman–Crippen MR) is 60.1 cm³/mol. The number of halogens is 1. The van der Waals surface area contributed by atoms with Crippen molar-refractivity contribution < 1.29 is 20.1 Å². The molecule has 3 N–H and O–H groups in total. The molecule has 1 aliphatic rings. The molecule has 0 amide bonds. The van der Waals surface area contributed by atoms with Crippen molar-refractivity contribution in [3.05, 3.63) is 0 Å². The third kappa shape index (κ3) is 3.22. The summed E-state index contributed by atoms with van der Waals surface area (Å²) in [6.07, 6.45) is -1.60. The van der Waals surface area contributed by atoms with Gasteiger partial charge in [-0.15, -0.1) is 23.4 Å². The number of thioether (sulfide) groups is 1. The zero-order valence-electron chi connectivity index (χ0n) is 8.71. The first kappa shape index (κ1) is 13.5. The molecule has 6 atom stereocenters. The normalized spacial score (nSPS) is 44.0. The van der Waals surface area contributed by atoms with Crippen molar-refractivity contribution in [1.82, 2.24) is 0 Å². The van der Waals surface area contributed by atoms with E-state index in [-0.39, 0.29) is 5.38 Å². The van der Waals surface area contributed by atoms with Gasteiger partial charge in [-0.1, -0.05) is 0 Å². The monoisotopic (exact) mass is 256 g/mol. The van der Waals surface area contributed by atoms with Crippen LogP contribution in [-0.2, 0) is 4.74 Å². The molecule has 0 aromatic rings. The average Bonchev–Trinajstić information content (AvgIpc) is 2.18. The lowest BCUT2D eigenvalue weighted by molar-refractivity contribution is -0.198. The Labute approximate surface area is 98.6 Å². The Morgan fingerprint density at radius 3 is 2.33 bits per heavy atom. The van der Waals surface area contributed by atoms with Crippen LogP contribution in [0, 0.1) is 0 Å². The van der Waals surface area contributed by atoms with Gasteiger partial charge in [0.2, 0.25) is 0 Å². The highest BCUT2D eigenvalue weighted by molar-refractivity contribution is 7.99. The smallest absolute Gasteiger partial charge is 0.132 e. The zero-order valence-corrected chi connectivity index (χ0v) is 10.3. The number of rotatable bonds is 3. The van der Waals surface area contributed by atoms with Gasteiger partial charge in [0, 0.05) is 5.38 Å². The molecule has 90 valence electrons. The van der Waals surface area contributed by atoms with E-state index < -0.39 is 29.9 Å². The van der Waals surface area contributed by atoms with Crippen LogP contribution in [0.3, 0.4) is 0 Å². The van der Waals surface area contributed by atoms with Gasteiger partial charge in [0.1, 0.15) is 23.7 Å². The van der Waals surface area contributed by atoms with Gasteiger partial charge in [-0.05, 0) is 19.6 Å². The Kier molecular flexibility index (Phi) is 5.15. The summed E-state index contributed by atoms with van der Waals surface area (Å²) in [5.74, 6) is 0. The second kappa shape index (κ2) is 5.70. The fourth-order valence-corrected chi connectivity index (χ4v) is 2.50. The van der Waals surface area contributed by atoms with E-state index in [1.807, 2.05) is 0 Å². The van der Waals surface area contributed by atoms with Crippen molar-refractivity contribution in [3.63, 3.8) is 0 Å². The fourth-order valence-electron chi connectivity index (χ4n) is 1.63. The Hall–Kier alpha value is 0.480. The van der Waals surface area contributed by atoms with Crippen LogP contribution in [0.25, 0.3) is 0 Å². The van der Waals surface area contributed by atoms with Gasteiger partial charge in [-0.25, -0.2) is 0 Å². The summed E-state index contributed by atoms with van der Waals surface area (Å²) >= 11 is 7.11. The summed E-state index contributed by atoms with van der Waals surface area (Å²) in [5.41, 5.74) is -0.510. The van der Waals surface area contributed by atoms with Crippen LogP contribution in [-0.4, -0.2) is 56.8 Å². The molecule has 0 aliphatic carbocycles. The van der Waals surface area contributed by atoms with Crippen LogP contribution in [0.4, 0.5) is 0 Å². The summed E-state index contributed by atoms with van der Waals surface area (Å²) in [5, 5.41) is 28.7. The third-order valence-corrected chi connectivity index (χ3v) is 3.49. The van der Waals surface area contributed by atoms with Gasteiger partial charge >= 0.3 is 0 Å². The van der Waals surface area contributed by atoms with Crippen LogP contribution in [0.2, 0.25) is 0 Å². The molecule has 0 spiro atoms. The SMILES string of the molecule is CS[C@H]1O[C@H](C[C@H](C)Cl)[C@H](O)[C@H](O)[C@H]1O. The van der Waals surface area contributed by atoms with Crippen LogP contribution in [0.5, 0.6) is 0 Å². The number of hydrogen-bond acceptors (Lipinski definition) is 5.